The van der Waals surface area contributed by atoms with Crippen LogP contribution in [0.15, 0.2) is 0 Å². The normalized spacial score (nSPS) is 28.3. The van der Waals surface area contributed by atoms with Crippen molar-refractivity contribution >= 4 is 34.4 Å². The van der Waals surface area contributed by atoms with Crippen molar-refractivity contribution in [2.75, 3.05) is 44.8 Å². The summed E-state index contributed by atoms with van der Waals surface area (Å²) in [5.74, 6) is -0.301. The van der Waals surface area contributed by atoms with E-state index < -0.39 is 23.1 Å². The third-order valence-electron chi connectivity index (χ3n) is 8.48. The zero-order chi connectivity index (χ0) is 28.4. The Morgan fingerprint density at radius 1 is 1.15 bits per heavy atom. The molecule has 6 rings (SSSR count). The van der Waals surface area contributed by atoms with Crippen LogP contribution in [0.25, 0.3) is 10.9 Å². The van der Waals surface area contributed by atoms with E-state index in [0.717, 1.165) is 32.2 Å². The van der Waals surface area contributed by atoms with Crippen molar-refractivity contribution in [2.24, 2.45) is 0 Å². The van der Waals surface area contributed by atoms with Crippen molar-refractivity contribution in [3.63, 3.8) is 0 Å². The van der Waals surface area contributed by atoms with E-state index in [-0.39, 0.29) is 52.7 Å². The molecule has 4 saturated heterocycles. The molecule has 1 amide bonds. The SMILES string of the molecule is COc1nc(Cl)c(F)c2nc(OC[C@@]34CCCN3C[C@H](F)C4)nc(N3C[C@H]4CC[C@@H](C3)N4C(=O)OC(C)(C)C)c12. The molecule has 4 fully saturated rings. The summed E-state index contributed by atoms with van der Waals surface area (Å²) in [6, 6.07) is -0.230. The van der Waals surface area contributed by atoms with Crippen molar-refractivity contribution in [1.29, 1.82) is 0 Å². The highest BCUT2D eigenvalue weighted by Crippen LogP contribution is 2.42. The van der Waals surface area contributed by atoms with Crippen LogP contribution < -0.4 is 14.4 Å². The van der Waals surface area contributed by atoms with Gasteiger partial charge in [-0.1, -0.05) is 11.6 Å². The summed E-state index contributed by atoms with van der Waals surface area (Å²) in [5.41, 5.74) is -1.08. The molecular formula is C27H35ClF2N6O4. The largest absolute Gasteiger partial charge is 0.480 e. The Labute approximate surface area is 236 Å². The molecule has 0 aromatic carbocycles. The first-order chi connectivity index (χ1) is 19.0. The van der Waals surface area contributed by atoms with E-state index in [1.165, 1.54) is 7.11 Å². The Bertz CT molecular complexity index is 1310. The Morgan fingerprint density at radius 3 is 2.55 bits per heavy atom. The smallest absolute Gasteiger partial charge is 0.410 e. The molecule has 2 aromatic heterocycles. The Hall–Kier alpha value is -2.73. The second-order valence-corrected chi connectivity index (χ2v) is 12.7. The average Bonchev–Trinajstić information content (AvgIpc) is 3.50. The summed E-state index contributed by atoms with van der Waals surface area (Å²) in [6.45, 7) is 7.87. The Morgan fingerprint density at radius 2 is 1.88 bits per heavy atom. The minimum atomic E-state index is -0.902. The first kappa shape index (κ1) is 27.4. The van der Waals surface area contributed by atoms with Gasteiger partial charge in [0.25, 0.3) is 0 Å². The van der Waals surface area contributed by atoms with Gasteiger partial charge in [0.1, 0.15) is 35.1 Å². The van der Waals surface area contributed by atoms with Gasteiger partial charge in [-0.05, 0) is 53.0 Å². The second-order valence-electron chi connectivity index (χ2n) is 12.3. The van der Waals surface area contributed by atoms with Crippen LogP contribution in [0.5, 0.6) is 11.9 Å². The lowest BCUT2D eigenvalue weighted by atomic mass is 9.95. The molecule has 13 heteroatoms. The molecule has 4 aliphatic rings. The van der Waals surface area contributed by atoms with Gasteiger partial charge in [-0.15, -0.1) is 0 Å². The minimum Gasteiger partial charge on any atom is -0.480 e. The number of anilines is 1. The number of pyridine rings is 1. The monoisotopic (exact) mass is 580 g/mol. The van der Waals surface area contributed by atoms with Crippen LogP contribution in [0.3, 0.4) is 0 Å². The lowest BCUT2D eigenvalue weighted by molar-refractivity contribution is 0.0122. The van der Waals surface area contributed by atoms with E-state index in [4.69, 9.17) is 30.8 Å². The van der Waals surface area contributed by atoms with Crippen LogP contribution in [-0.4, -0.2) is 100 Å². The van der Waals surface area contributed by atoms with Gasteiger partial charge >= 0.3 is 12.1 Å². The molecule has 4 aliphatic heterocycles. The highest BCUT2D eigenvalue weighted by molar-refractivity contribution is 6.30. The van der Waals surface area contributed by atoms with Crippen LogP contribution in [0.4, 0.5) is 19.4 Å². The highest BCUT2D eigenvalue weighted by Gasteiger charge is 2.50. The van der Waals surface area contributed by atoms with Crippen LogP contribution in [-0.2, 0) is 4.74 Å². The van der Waals surface area contributed by atoms with Gasteiger partial charge in [0.15, 0.2) is 11.0 Å². The molecule has 0 N–H and O–H groups in total. The summed E-state index contributed by atoms with van der Waals surface area (Å²) >= 11 is 6.11. The molecule has 2 aromatic rings. The number of hydrogen-bond acceptors (Lipinski definition) is 9. The number of aromatic nitrogens is 3. The lowest BCUT2D eigenvalue weighted by Gasteiger charge is -2.42. The van der Waals surface area contributed by atoms with E-state index in [9.17, 15) is 9.18 Å². The molecule has 40 heavy (non-hydrogen) atoms. The number of carbonyl (C=O) groups excluding carboxylic acids is 1. The van der Waals surface area contributed by atoms with Gasteiger partial charge in [-0.25, -0.2) is 13.6 Å². The number of amides is 1. The summed E-state index contributed by atoms with van der Waals surface area (Å²) < 4.78 is 47.0. The fraction of sp³-hybridized carbons (Fsp3) is 0.704. The molecule has 0 saturated carbocycles. The van der Waals surface area contributed by atoms with Gasteiger partial charge in [-0.2, -0.15) is 15.0 Å². The number of fused-ring (bicyclic) bond motifs is 4. The zero-order valence-electron chi connectivity index (χ0n) is 23.3. The van der Waals surface area contributed by atoms with Crippen molar-refractivity contribution in [3.8, 4) is 11.9 Å². The molecular weight excluding hydrogens is 546 g/mol. The molecule has 218 valence electrons. The molecule has 4 atom stereocenters. The first-order valence-corrected chi connectivity index (χ1v) is 14.2. The third kappa shape index (κ3) is 4.76. The quantitative estimate of drug-likeness (QED) is 0.478. The van der Waals surface area contributed by atoms with Crippen LogP contribution in [0.2, 0.25) is 5.15 Å². The molecule has 0 radical (unpaired) electrons. The van der Waals surface area contributed by atoms with E-state index >= 15 is 4.39 Å². The zero-order valence-corrected chi connectivity index (χ0v) is 24.0. The maximum Gasteiger partial charge on any atom is 0.410 e. The summed E-state index contributed by atoms with van der Waals surface area (Å²) in [7, 11) is 1.43. The minimum absolute atomic E-state index is 0.0174. The first-order valence-electron chi connectivity index (χ1n) is 13.9. The predicted octanol–water partition coefficient (Wildman–Crippen LogP) is 4.37. The fourth-order valence-electron chi connectivity index (χ4n) is 6.85. The van der Waals surface area contributed by atoms with E-state index in [1.54, 1.807) is 0 Å². The number of halogens is 3. The number of nitrogens with zero attached hydrogens (tertiary/aromatic N) is 6. The van der Waals surface area contributed by atoms with Gasteiger partial charge < -0.3 is 19.1 Å². The predicted molar refractivity (Wildman–Crippen MR) is 144 cm³/mol. The average molecular weight is 581 g/mol. The summed E-state index contributed by atoms with van der Waals surface area (Å²) in [4.78, 5) is 32.2. The molecule has 2 bridgehead atoms. The lowest BCUT2D eigenvalue weighted by Crippen LogP contribution is -2.57. The van der Waals surface area contributed by atoms with Crippen LogP contribution in [0.1, 0.15) is 52.9 Å². The van der Waals surface area contributed by atoms with Crippen molar-refractivity contribution < 1.29 is 27.8 Å². The van der Waals surface area contributed by atoms with Crippen LogP contribution in [0, 0.1) is 5.82 Å². The highest BCUT2D eigenvalue weighted by atomic mass is 35.5. The fourth-order valence-corrected chi connectivity index (χ4v) is 7.02. The number of methoxy groups -OCH3 is 1. The molecule has 0 unspecified atom stereocenters. The summed E-state index contributed by atoms with van der Waals surface area (Å²) in [6.07, 6.45) is 2.56. The van der Waals surface area contributed by atoms with Crippen molar-refractivity contribution in [1.82, 2.24) is 24.8 Å². The standard InChI is InChI=1S/C27H35ClF2N6O4/c1-26(2,3)40-25(37)36-16-6-7-17(36)13-34(12-16)22-18-20(19(30)21(28)32-23(18)38-4)31-24(33-22)39-14-27-8-5-9-35(27)11-15(29)10-27/h15-17H,5-14H2,1-4H3/t15-,16-,17+,27+/m1/s1. The number of carbonyl (C=O) groups is 1. The maximum absolute atomic E-state index is 15.4. The number of alkyl halides is 1. The van der Waals surface area contributed by atoms with E-state index in [2.05, 4.69) is 14.9 Å². The van der Waals surface area contributed by atoms with Crippen LogP contribution >= 0.6 is 11.6 Å². The number of rotatable bonds is 5. The second kappa shape index (κ2) is 9.97. The van der Waals surface area contributed by atoms with Gasteiger partial charge in [0.05, 0.1) is 24.7 Å². The molecule has 6 heterocycles. The van der Waals surface area contributed by atoms with Gasteiger partial charge in [0.2, 0.25) is 5.88 Å². The molecule has 0 aliphatic carbocycles. The maximum atomic E-state index is 15.4. The van der Waals surface area contributed by atoms with Gasteiger partial charge in [-0.3, -0.25) is 9.80 Å². The molecule has 10 nitrogen and oxygen atoms in total. The van der Waals surface area contributed by atoms with E-state index in [1.807, 2.05) is 30.6 Å². The van der Waals surface area contributed by atoms with E-state index in [0.29, 0.717) is 31.9 Å². The molecule has 0 spiro atoms. The summed E-state index contributed by atoms with van der Waals surface area (Å²) in [5, 5.41) is -0.0846. The Balaban J connectivity index is 1.35. The topological polar surface area (TPSA) is 93.2 Å². The number of hydrogen-bond donors (Lipinski definition) is 0. The van der Waals surface area contributed by atoms with Crippen molar-refractivity contribution in [2.45, 2.75) is 82.3 Å². The number of piperazine rings is 1. The van der Waals surface area contributed by atoms with Crippen molar-refractivity contribution in [3.05, 3.63) is 11.0 Å². The number of ether oxygens (including phenoxy) is 3. The Kier molecular flexibility index (Phi) is 6.84. The van der Waals surface area contributed by atoms with Gasteiger partial charge in [0, 0.05) is 26.1 Å². The third-order valence-corrected chi connectivity index (χ3v) is 8.73.